The summed E-state index contributed by atoms with van der Waals surface area (Å²) in [5, 5.41) is 9.25. The van der Waals surface area contributed by atoms with Crippen molar-refractivity contribution in [1.82, 2.24) is 29.8 Å². The van der Waals surface area contributed by atoms with Gasteiger partial charge in [0.15, 0.2) is 0 Å². The zero-order valence-electron chi connectivity index (χ0n) is 15.2. The van der Waals surface area contributed by atoms with E-state index in [1.807, 2.05) is 22.0 Å². The van der Waals surface area contributed by atoms with E-state index in [0.29, 0.717) is 13.0 Å². The number of likely N-dealkylation sites (N-methyl/N-ethyl adjacent to an activating group) is 1. The SMILES string of the molecule is CN(C)[C@@H]1CN(C(=O)CCc2ccc3[nH]ccc3c2)C[C@@H]1n1ccnn1. The number of aryl methyl sites for hydroxylation is 1. The molecule has 0 unspecified atom stereocenters. The summed E-state index contributed by atoms with van der Waals surface area (Å²) in [5.74, 6) is 0.202. The minimum absolute atomic E-state index is 0.146. The average molecular weight is 352 g/mol. The van der Waals surface area contributed by atoms with Crippen molar-refractivity contribution in [2.45, 2.75) is 24.9 Å². The maximum Gasteiger partial charge on any atom is 0.223 e. The smallest absolute Gasteiger partial charge is 0.223 e. The van der Waals surface area contributed by atoms with Crippen molar-refractivity contribution < 1.29 is 4.79 Å². The predicted octanol–water partition coefficient (Wildman–Crippen LogP) is 1.71. The fourth-order valence-corrected chi connectivity index (χ4v) is 3.80. The Bertz CT molecular complexity index is 884. The monoisotopic (exact) mass is 352 g/mol. The molecule has 0 bridgehead atoms. The molecule has 1 aliphatic rings. The molecule has 1 saturated heterocycles. The van der Waals surface area contributed by atoms with Gasteiger partial charge in [0, 0.05) is 37.4 Å². The molecular weight excluding hydrogens is 328 g/mol. The lowest BCUT2D eigenvalue weighted by Crippen LogP contribution is -2.37. The summed E-state index contributed by atoms with van der Waals surface area (Å²) in [7, 11) is 4.10. The molecule has 26 heavy (non-hydrogen) atoms. The van der Waals surface area contributed by atoms with Crippen molar-refractivity contribution >= 4 is 16.8 Å². The summed E-state index contributed by atoms with van der Waals surface area (Å²) >= 11 is 0. The van der Waals surface area contributed by atoms with Gasteiger partial charge in [-0.15, -0.1) is 5.10 Å². The molecule has 0 aliphatic carbocycles. The van der Waals surface area contributed by atoms with Crippen molar-refractivity contribution in [3.05, 3.63) is 48.4 Å². The van der Waals surface area contributed by atoms with Crippen molar-refractivity contribution in [2.24, 2.45) is 0 Å². The number of nitrogens with zero attached hydrogens (tertiary/aromatic N) is 5. The number of aromatic nitrogens is 4. The highest BCUT2D eigenvalue weighted by Crippen LogP contribution is 2.25. The minimum Gasteiger partial charge on any atom is -0.361 e. The van der Waals surface area contributed by atoms with E-state index in [-0.39, 0.29) is 18.0 Å². The van der Waals surface area contributed by atoms with E-state index >= 15 is 0 Å². The van der Waals surface area contributed by atoms with E-state index in [2.05, 4.69) is 58.6 Å². The standard InChI is InChI=1S/C19H24N6O/c1-23(2)17-12-24(13-18(17)25-10-9-21-22-25)19(26)6-4-14-3-5-16-15(11-14)7-8-20-16/h3,5,7-11,17-18,20H,4,6,12-13H2,1-2H3/t17-,18+/m1/s1. The molecule has 1 fully saturated rings. The van der Waals surface area contributed by atoms with E-state index in [9.17, 15) is 4.79 Å². The summed E-state index contributed by atoms with van der Waals surface area (Å²) in [6, 6.07) is 8.78. The van der Waals surface area contributed by atoms with E-state index in [1.54, 1.807) is 6.20 Å². The van der Waals surface area contributed by atoms with Crippen LogP contribution in [0.2, 0.25) is 0 Å². The zero-order valence-corrected chi connectivity index (χ0v) is 15.2. The molecule has 136 valence electrons. The van der Waals surface area contributed by atoms with Crippen LogP contribution in [0.5, 0.6) is 0 Å². The van der Waals surface area contributed by atoms with Crippen LogP contribution < -0.4 is 0 Å². The van der Waals surface area contributed by atoms with Gasteiger partial charge in [-0.3, -0.25) is 4.79 Å². The van der Waals surface area contributed by atoms with Crippen LogP contribution in [-0.2, 0) is 11.2 Å². The summed E-state index contributed by atoms with van der Waals surface area (Å²) < 4.78 is 1.87. The number of rotatable bonds is 5. The average Bonchev–Trinajstić information content (AvgIpc) is 3.38. The van der Waals surface area contributed by atoms with Crippen LogP contribution >= 0.6 is 0 Å². The Kier molecular flexibility index (Phi) is 4.46. The highest BCUT2D eigenvalue weighted by atomic mass is 16.2. The second-order valence-corrected chi connectivity index (χ2v) is 7.18. The number of amides is 1. The highest BCUT2D eigenvalue weighted by molar-refractivity contribution is 5.80. The van der Waals surface area contributed by atoms with Crippen molar-refractivity contribution in [3.63, 3.8) is 0 Å². The van der Waals surface area contributed by atoms with Gasteiger partial charge in [0.25, 0.3) is 0 Å². The quantitative estimate of drug-likeness (QED) is 0.759. The number of aromatic amines is 1. The van der Waals surface area contributed by atoms with Crippen LogP contribution in [0, 0.1) is 0 Å². The van der Waals surface area contributed by atoms with Crippen molar-refractivity contribution in [3.8, 4) is 0 Å². The normalized spacial score (nSPS) is 20.3. The molecule has 0 radical (unpaired) electrons. The molecule has 7 nitrogen and oxygen atoms in total. The molecule has 3 aromatic rings. The number of carbonyl (C=O) groups is 1. The lowest BCUT2D eigenvalue weighted by atomic mass is 10.1. The maximum atomic E-state index is 12.8. The molecule has 1 aromatic carbocycles. The Labute approximate surface area is 152 Å². The third-order valence-corrected chi connectivity index (χ3v) is 5.30. The third kappa shape index (κ3) is 3.22. The predicted molar refractivity (Wildman–Crippen MR) is 99.7 cm³/mol. The largest absolute Gasteiger partial charge is 0.361 e. The molecule has 0 saturated carbocycles. The lowest BCUT2D eigenvalue weighted by Gasteiger charge is -2.24. The molecule has 7 heteroatoms. The van der Waals surface area contributed by atoms with Gasteiger partial charge in [0.1, 0.15) is 0 Å². The van der Waals surface area contributed by atoms with Gasteiger partial charge in [-0.25, -0.2) is 4.68 Å². The highest BCUT2D eigenvalue weighted by Gasteiger charge is 2.37. The van der Waals surface area contributed by atoms with E-state index in [4.69, 9.17) is 0 Å². The van der Waals surface area contributed by atoms with Crippen LogP contribution in [0.15, 0.2) is 42.9 Å². The first-order chi connectivity index (χ1) is 12.6. The lowest BCUT2D eigenvalue weighted by molar-refractivity contribution is -0.130. The number of fused-ring (bicyclic) bond motifs is 1. The Morgan fingerprint density at radius 1 is 1.31 bits per heavy atom. The second kappa shape index (κ2) is 6.92. The van der Waals surface area contributed by atoms with Crippen LogP contribution in [0.1, 0.15) is 18.0 Å². The number of carbonyl (C=O) groups excluding carboxylic acids is 1. The zero-order chi connectivity index (χ0) is 18.1. The molecule has 1 N–H and O–H groups in total. The molecular formula is C19H24N6O. The van der Waals surface area contributed by atoms with E-state index in [1.165, 1.54) is 10.9 Å². The Morgan fingerprint density at radius 2 is 2.19 bits per heavy atom. The fourth-order valence-electron chi connectivity index (χ4n) is 3.80. The molecule has 2 aromatic heterocycles. The first-order valence-electron chi connectivity index (χ1n) is 8.98. The Balaban J connectivity index is 1.41. The van der Waals surface area contributed by atoms with Gasteiger partial charge in [0.2, 0.25) is 5.91 Å². The van der Waals surface area contributed by atoms with Crippen LogP contribution in [-0.4, -0.2) is 68.9 Å². The third-order valence-electron chi connectivity index (χ3n) is 5.30. The number of likely N-dealkylation sites (tertiary alicyclic amines) is 1. The number of hydrogen-bond acceptors (Lipinski definition) is 4. The maximum absolute atomic E-state index is 12.8. The van der Waals surface area contributed by atoms with Gasteiger partial charge in [0.05, 0.1) is 18.3 Å². The molecule has 1 amide bonds. The molecule has 1 aliphatic heterocycles. The first kappa shape index (κ1) is 16.8. The number of hydrogen-bond donors (Lipinski definition) is 1. The Morgan fingerprint density at radius 3 is 2.96 bits per heavy atom. The number of nitrogens with one attached hydrogen (secondary N) is 1. The van der Waals surface area contributed by atoms with E-state index < -0.39 is 0 Å². The van der Waals surface area contributed by atoms with E-state index in [0.717, 1.165) is 18.5 Å². The van der Waals surface area contributed by atoms with Gasteiger partial charge < -0.3 is 14.8 Å². The van der Waals surface area contributed by atoms with Crippen molar-refractivity contribution in [1.29, 1.82) is 0 Å². The minimum atomic E-state index is 0.146. The van der Waals surface area contributed by atoms with Crippen molar-refractivity contribution in [2.75, 3.05) is 27.2 Å². The molecule has 0 spiro atoms. The van der Waals surface area contributed by atoms with Crippen LogP contribution in [0.4, 0.5) is 0 Å². The second-order valence-electron chi connectivity index (χ2n) is 7.18. The fraction of sp³-hybridized carbons (Fsp3) is 0.421. The summed E-state index contributed by atoms with van der Waals surface area (Å²) in [6.07, 6.45) is 6.79. The molecule has 4 rings (SSSR count). The van der Waals surface area contributed by atoms with Crippen LogP contribution in [0.25, 0.3) is 10.9 Å². The van der Waals surface area contributed by atoms with Crippen LogP contribution in [0.3, 0.4) is 0 Å². The number of benzene rings is 1. The first-order valence-corrected chi connectivity index (χ1v) is 8.98. The summed E-state index contributed by atoms with van der Waals surface area (Å²) in [5.41, 5.74) is 2.32. The summed E-state index contributed by atoms with van der Waals surface area (Å²) in [4.78, 5) is 20.1. The van der Waals surface area contributed by atoms with Gasteiger partial charge in [-0.05, 0) is 49.7 Å². The topological polar surface area (TPSA) is 70.1 Å². The van der Waals surface area contributed by atoms with Gasteiger partial charge in [-0.2, -0.15) is 0 Å². The molecule has 3 heterocycles. The molecule has 2 atom stereocenters. The summed E-state index contributed by atoms with van der Waals surface area (Å²) in [6.45, 7) is 1.41. The van der Waals surface area contributed by atoms with Gasteiger partial charge >= 0.3 is 0 Å². The number of H-pyrrole nitrogens is 1. The van der Waals surface area contributed by atoms with Gasteiger partial charge in [-0.1, -0.05) is 11.3 Å². The Hall–Kier alpha value is -2.67.